The summed E-state index contributed by atoms with van der Waals surface area (Å²) in [7, 11) is 0. The quantitative estimate of drug-likeness (QED) is 0.935. The molecule has 0 radical (unpaired) electrons. The first-order valence-electron chi connectivity index (χ1n) is 7.10. The van der Waals surface area contributed by atoms with Gasteiger partial charge in [0, 0.05) is 17.2 Å². The summed E-state index contributed by atoms with van der Waals surface area (Å²) >= 11 is 1.62. The molecule has 2 rings (SSSR count). The van der Waals surface area contributed by atoms with Crippen molar-refractivity contribution in [2.45, 2.75) is 51.5 Å². The summed E-state index contributed by atoms with van der Waals surface area (Å²) in [5, 5.41) is 3.08. The lowest BCUT2D eigenvalue weighted by atomic mass is 9.89. The molecule has 21 heavy (non-hydrogen) atoms. The largest absolute Gasteiger partial charge is 0.320 e. The van der Waals surface area contributed by atoms with E-state index in [1.54, 1.807) is 17.4 Å². The molecule has 1 atom stereocenters. The van der Waals surface area contributed by atoms with Crippen LogP contribution in [0.1, 0.15) is 50.5 Å². The van der Waals surface area contributed by atoms with Gasteiger partial charge in [0.25, 0.3) is 0 Å². The molecule has 0 aliphatic heterocycles. The maximum atomic E-state index is 13.0. The average Bonchev–Trinajstić information content (AvgIpc) is 2.87. The summed E-state index contributed by atoms with van der Waals surface area (Å²) in [4.78, 5) is 8.84. The number of aromatic nitrogens is 2. The highest BCUT2D eigenvalue weighted by Gasteiger charge is 2.29. The third-order valence-corrected chi connectivity index (χ3v) is 4.50. The Morgan fingerprint density at radius 3 is 2.43 bits per heavy atom. The van der Waals surface area contributed by atoms with Gasteiger partial charge in [-0.25, -0.2) is 9.37 Å². The van der Waals surface area contributed by atoms with Gasteiger partial charge in [0.15, 0.2) is 0 Å². The molecule has 114 valence electrons. The van der Waals surface area contributed by atoms with Crippen LogP contribution in [0.4, 0.5) is 4.39 Å². The fraction of sp³-hybridized carbons (Fsp3) is 0.500. The smallest absolute Gasteiger partial charge is 0.141 e. The first-order chi connectivity index (χ1) is 9.74. The first kappa shape index (κ1) is 16.0. The summed E-state index contributed by atoms with van der Waals surface area (Å²) in [5.74, 6) is -0.346. The van der Waals surface area contributed by atoms with E-state index in [1.807, 2.05) is 6.92 Å². The van der Waals surface area contributed by atoms with Crippen molar-refractivity contribution in [2.75, 3.05) is 0 Å². The molecule has 2 aromatic rings. The summed E-state index contributed by atoms with van der Waals surface area (Å²) in [5.41, 5.74) is 7.71. The van der Waals surface area contributed by atoms with Crippen LogP contribution in [0.3, 0.4) is 0 Å². The van der Waals surface area contributed by atoms with Crippen molar-refractivity contribution < 1.29 is 4.39 Å². The third kappa shape index (κ3) is 3.66. The minimum Gasteiger partial charge on any atom is -0.320 e. The zero-order chi connectivity index (χ0) is 15.7. The third-order valence-electron chi connectivity index (χ3n) is 3.66. The lowest BCUT2D eigenvalue weighted by molar-refractivity contribution is 0.409. The summed E-state index contributed by atoms with van der Waals surface area (Å²) in [6, 6.07) is 3.07. The summed E-state index contributed by atoms with van der Waals surface area (Å²) in [6.45, 7) is 8.44. The molecule has 0 spiro atoms. The second-order valence-corrected chi connectivity index (χ2v) is 7.37. The second kappa shape index (κ2) is 5.81. The first-order valence-corrected chi connectivity index (χ1v) is 7.98. The van der Waals surface area contributed by atoms with Crippen LogP contribution in [0.25, 0.3) is 0 Å². The zero-order valence-electron chi connectivity index (χ0n) is 13.0. The van der Waals surface area contributed by atoms with Crippen LogP contribution in [0.2, 0.25) is 0 Å². The number of nitrogens with two attached hydrogens (primary N) is 1. The van der Waals surface area contributed by atoms with Crippen molar-refractivity contribution in [2.24, 2.45) is 5.73 Å². The molecule has 2 heterocycles. The topological polar surface area (TPSA) is 51.8 Å². The van der Waals surface area contributed by atoms with Gasteiger partial charge in [-0.3, -0.25) is 4.98 Å². The monoisotopic (exact) mass is 307 g/mol. The standard InChI is InChI=1S/C16H22FN3S/c1-5-16(18,12-7-6-11(17)9-19-12)8-14-20-13(10-21-14)15(2,3)4/h6-7,9-10H,5,8,18H2,1-4H3. The Morgan fingerprint density at radius 1 is 1.24 bits per heavy atom. The van der Waals surface area contributed by atoms with Gasteiger partial charge < -0.3 is 5.73 Å². The van der Waals surface area contributed by atoms with Crippen LogP contribution in [0.15, 0.2) is 23.7 Å². The number of halogens is 1. The minimum absolute atomic E-state index is 0.0341. The van der Waals surface area contributed by atoms with Crippen LogP contribution in [0.5, 0.6) is 0 Å². The normalized spacial score (nSPS) is 15.0. The molecule has 0 fully saturated rings. The van der Waals surface area contributed by atoms with Crippen molar-refractivity contribution in [3.63, 3.8) is 0 Å². The Morgan fingerprint density at radius 2 is 1.95 bits per heavy atom. The minimum atomic E-state index is -0.610. The Balaban J connectivity index is 2.26. The fourth-order valence-corrected chi connectivity index (χ4v) is 3.22. The van der Waals surface area contributed by atoms with Gasteiger partial charge in [-0.15, -0.1) is 11.3 Å². The number of hydrogen-bond donors (Lipinski definition) is 1. The second-order valence-electron chi connectivity index (χ2n) is 6.42. The van der Waals surface area contributed by atoms with Gasteiger partial charge in [0.1, 0.15) is 5.82 Å². The molecule has 0 saturated heterocycles. The van der Waals surface area contributed by atoms with Crippen LogP contribution < -0.4 is 5.73 Å². The SMILES string of the molecule is CCC(N)(Cc1nc(C(C)(C)C)cs1)c1ccc(F)cn1. The van der Waals surface area contributed by atoms with Gasteiger partial charge in [0.05, 0.1) is 28.1 Å². The van der Waals surface area contributed by atoms with E-state index < -0.39 is 5.54 Å². The fourth-order valence-electron chi connectivity index (χ4n) is 2.07. The van der Waals surface area contributed by atoms with Gasteiger partial charge in [-0.1, -0.05) is 27.7 Å². The van der Waals surface area contributed by atoms with Crippen LogP contribution >= 0.6 is 11.3 Å². The van der Waals surface area contributed by atoms with E-state index in [0.29, 0.717) is 12.1 Å². The van der Waals surface area contributed by atoms with E-state index in [2.05, 4.69) is 31.1 Å². The lowest BCUT2D eigenvalue weighted by Gasteiger charge is -2.26. The van der Waals surface area contributed by atoms with Gasteiger partial charge in [-0.05, 0) is 18.6 Å². The summed E-state index contributed by atoms with van der Waals surface area (Å²) < 4.78 is 13.0. The van der Waals surface area contributed by atoms with E-state index in [1.165, 1.54) is 12.3 Å². The Kier molecular flexibility index (Phi) is 4.44. The number of thiazole rings is 1. The van der Waals surface area contributed by atoms with Gasteiger partial charge in [0.2, 0.25) is 0 Å². The predicted molar refractivity (Wildman–Crippen MR) is 84.9 cm³/mol. The maximum absolute atomic E-state index is 13.0. The molecule has 2 N–H and O–H groups in total. The highest BCUT2D eigenvalue weighted by Crippen LogP contribution is 2.29. The molecule has 5 heteroatoms. The van der Waals surface area contributed by atoms with E-state index in [0.717, 1.165) is 17.1 Å². The Hall–Kier alpha value is -1.33. The van der Waals surface area contributed by atoms with Crippen molar-refractivity contribution in [1.82, 2.24) is 9.97 Å². The molecule has 0 bridgehead atoms. The average molecular weight is 307 g/mol. The Bertz CT molecular complexity index is 601. The van der Waals surface area contributed by atoms with Gasteiger partial charge in [-0.2, -0.15) is 0 Å². The van der Waals surface area contributed by atoms with E-state index in [4.69, 9.17) is 10.7 Å². The summed E-state index contributed by atoms with van der Waals surface area (Å²) in [6.07, 6.45) is 2.55. The predicted octanol–water partition coefficient (Wildman–Crippen LogP) is 3.78. The lowest BCUT2D eigenvalue weighted by Crippen LogP contribution is -2.39. The zero-order valence-corrected chi connectivity index (χ0v) is 13.8. The molecule has 0 aromatic carbocycles. The van der Waals surface area contributed by atoms with E-state index in [-0.39, 0.29) is 11.2 Å². The molecule has 1 unspecified atom stereocenters. The van der Waals surface area contributed by atoms with Crippen molar-refractivity contribution in [3.8, 4) is 0 Å². The van der Waals surface area contributed by atoms with Crippen LogP contribution in [-0.2, 0) is 17.4 Å². The van der Waals surface area contributed by atoms with Crippen molar-refractivity contribution >= 4 is 11.3 Å². The van der Waals surface area contributed by atoms with Crippen molar-refractivity contribution in [1.29, 1.82) is 0 Å². The Labute approximate surface area is 129 Å². The molecular formula is C16H22FN3S. The molecule has 2 aromatic heterocycles. The van der Waals surface area contributed by atoms with E-state index >= 15 is 0 Å². The number of hydrogen-bond acceptors (Lipinski definition) is 4. The maximum Gasteiger partial charge on any atom is 0.141 e. The molecule has 3 nitrogen and oxygen atoms in total. The highest BCUT2D eigenvalue weighted by molar-refractivity contribution is 7.09. The number of pyridine rings is 1. The highest BCUT2D eigenvalue weighted by atomic mass is 32.1. The molecule has 0 saturated carbocycles. The van der Waals surface area contributed by atoms with Crippen molar-refractivity contribution in [3.05, 3.63) is 45.9 Å². The van der Waals surface area contributed by atoms with Crippen LogP contribution in [0, 0.1) is 5.82 Å². The molecule has 0 aliphatic rings. The molecule has 0 amide bonds. The van der Waals surface area contributed by atoms with Crippen LogP contribution in [-0.4, -0.2) is 9.97 Å². The van der Waals surface area contributed by atoms with Gasteiger partial charge >= 0.3 is 0 Å². The molecular weight excluding hydrogens is 285 g/mol. The van der Waals surface area contributed by atoms with E-state index in [9.17, 15) is 4.39 Å². The number of rotatable bonds is 4. The molecule has 0 aliphatic carbocycles. The number of nitrogens with zero attached hydrogens (tertiary/aromatic N) is 2.